The van der Waals surface area contributed by atoms with Crippen LogP contribution in [0.15, 0.2) is 18.2 Å². The van der Waals surface area contributed by atoms with Gasteiger partial charge in [0.1, 0.15) is 5.69 Å². The van der Waals surface area contributed by atoms with Gasteiger partial charge in [-0.3, -0.25) is 14.9 Å². The van der Waals surface area contributed by atoms with E-state index in [-0.39, 0.29) is 17.6 Å². The van der Waals surface area contributed by atoms with Crippen molar-refractivity contribution in [2.24, 2.45) is 0 Å². The van der Waals surface area contributed by atoms with Gasteiger partial charge in [-0.25, -0.2) is 0 Å². The van der Waals surface area contributed by atoms with Crippen LogP contribution in [-0.2, 0) is 0 Å². The number of benzene rings is 1. The summed E-state index contributed by atoms with van der Waals surface area (Å²) in [6.45, 7) is 6.50. The van der Waals surface area contributed by atoms with E-state index in [2.05, 4.69) is 5.32 Å². The second-order valence-electron chi connectivity index (χ2n) is 4.83. The highest BCUT2D eigenvalue weighted by Crippen LogP contribution is 2.26. The van der Waals surface area contributed by atoms with E-state index in [4.69, 9.17) is 0 Å². The van der Waals surface area contributed by atoms with E-state index in [0.29, 0.717) is 17.8 Å². The number of nitrogens with one attached hydrogen (secondary N) is 1. The van der Waals surface area contributed by atoms with Crippen molar-refractivity contribution in [1.82, 2.24) is 4.90 Å². The first-order valence-corrected chi connectivity index (χ1v) is 6.69. The van der Waals surface area contributed by atoms with Crippen molar-refractivity contribution in [3.63, 3.8) is 0 Å². The third kappa shape index (κ3) is 3.46. The van der Waals surface area contributed by atoms with Crippen LogP contribution < -0.4 is 5.32 Å². The van der Waals surface area contributed by atoms with E-state index in [0.717, 1.165) is 6.42 Å². The topological polar surface area (TPSA) is 75.5 Å². The van der Waals surface area contributed by atoms with E-state index in [1.165, 1.54) is 6.07 Å². The number of hydrogen-bond donors (Lipinski definition) is 1. The van der Waals surface area contributed by atoms with Crippen LogP contribution in [0, 0.1) is 10.1 Å². The molecule has 1 aromatic rings. The van der Waals surface area contributed by atoms with E-state index in [1.54, 1.807) is 24.1 Å². The van der Waals surface area contributed by atoms with E-state index >= 15 is 0 Å². The molecule has 0 saturated heterocycles. The Kier molecular flexibility index (Phi) is 5.49. The first-order valence-electron chi connectivity index (χ1n) is 6.69. The van der Waals surface area contributed by atoms with Gasteiger partial charge in [-0.2, -0.15) is 0 Å². The van der Waals surface area contributed by atoms with Gasteiger partial charge in [-0.1, -0.05) is 6.92 Å². The molecule has 6 heteroatoms. The third-order valence-corrected chi connectivity index (χ3v) is 3.06. The van der Waals surface area contributed by atoms with Gasteiger partial charge >= 0.3 is 0 Å². The monoisotopic (exact) mass is 279 g/mol. The zero-order chi connectivity index (χ0) is 15.3. The fraction of sp³-hybridized carbons (Fsp3) is 0.500. The maximum Gasteiger partial charge on any atom is 0.293 e. The Labute approximate surface area is 118 Å². The summed E-state index contributed by atoms with van der Waals surface area (Å²) in [6.07, 6.45) is 0.848. The number of nitro benzene ring substituents is 1. The largest absolute Gasteiger partial charge is 0.383 e. The standard InChI is InChI=1S/C14H21N3O3/c1-5-8-16(10(2)3)14(18)11-6-7-12(15-4)13(9-11)17(19)20/h6-7,9-10,15H,5,8H2,1-4H3. The maximum absolute atomic E-state index is 12.4. The molecule has 0 heterocycles. The van der Waals surface area contributed by atoms with E-state index in [1.807, 2.05) is 20.8 Å². The number of rotatable bonds is 6. The molecule has 0 unspecified atom stereocenters. The van der Waals surface area contributed by atoms with Crippen molar-refractivity contribution in [1.29, 1.82) is 0 Å². The Morgan fingerprint density at radius 2 is 2.10 bits per heavy atom. The van der Waals surface area contributed by atoms with Crippen molar-refractivity contribution in [3.8, 4) is 0 Å². The number of carbonyl (C=O) groups is 1. The minimum absolute atomic E-state index is 0.0606. The summed E-state index contributed by atoms with van der Waals surface area (Å²) in [5.74, 6) is -0.174. The van der Waals surface area contributed by atoms with Crippen LogP contribution in [0.1, 0.15) is 37.6 Å². The van der Waals surface area contributed by atoms with Gasteiger partial charge in [0.2, 0.25) is 0 Å². The fourth-order valence-electron chi connectivity index (χ4n) is 2.03. The van der Waals surface area contributed by atoms with Gasteiger partial charge in [-0.05, 0) is 32.4 Å². The summed E-state index contributed by atoms with van der Waals surface area (Å²) in [6, 6.07) is 4.58. The number of carbonyl (C=O) groups excluding carboxylic acids is 1. The lowest BCUT2D eigenvalue weighted by atomic mass is 10.1. The number of amides is 1. The SMILES string of the molecule is CCCN(C(=O)c1ccc(NC)c([N+](=O)[O-])c1)C(C)C. The van der Waals surface area contributed by atoms with Gasteiger partial charge in [0, 0.05) is 31.3 Å². The Hall–Kier alpha value is -2.11. The smallest absolute Gasteiger partial charge is 0.293 e. The average molecular weight is 279 g/mol. The van der Waals surface area contributed by atoms with Crippen LogP contribution in [0.3, 0.4) is 0 Å². The highest BCUT2D eigenvalue weighted by molar-refractivity contribution is 5.96. The molecule has 1 aromatic carbocycles. The number of hydrogen-bond acceptors (Lipinski definition) is 4. The number of nitro groups is 1. The summed E-state index contributed by atoms with van der Waals surface area (Å²) in [7, 11) is 1.61. The molecular formula is C14H21N3O3. The molecule has 0 bridgehead atoms. The zero-order valence-electron chi connectivity index (χ0n) is 12.3. The summed E-state index contributed by atoms with van der Waals surface area (Å²) < 4.78 is 0. The molecule has 20 heavy (non-hydrogen) atoms. The lowest BCUT2D eigenvalue weighted by Crippen LogP contribution is -2.37. The van der Waals surface area contributed by atoms with Crippen LogP contribution >= 0.6 is 0 Å². The second-order valence-corrected chi connectivity index (χ2v) is 4.83. The van der Waals surface area contributed by atoms with E-state index < -0.39 is 4.92 Å². The van der Waals surface area contributed by atoms with Gasteiger partial charge < -0.3 is 10.2 Å². The molecule has 0 aliphatic carbocycles. The predicted octanol–water partition coefficient (Wildman–Crippen LogP) is 2.90. The molecule has 1 amide bonds. The minimum Gasteiger partial charge on any atom is -0.383 e. The maximum atomic E-state index is 12.4. The van der Waals surface area contributed by atoms with Crippen molar-refractivity contribution >= 4 is 17.3 Å². The molecular weight excluding hydrogens is 258 g/mol. The molecule has 0 aliphatic heterocycles. The molecule has 1 N–H and O–H groups in total. The van der Waals surface area contributed by atoms with Crippen LogP contribution in [0.5, 0.6) is 0 Å². The molecule has 0 radical (unpaired) electrons. The van der Waals surface area contributed by atoms with E-state index in [9.17, 15) is 14.9 Å². The van der Waals surface area contributed by atoms with Crippen molar-refractivity contribution in [2.75, 3.05) is 18.9 Å². The fourth-order valence-corrected chi connectivity index (χ4v) is 2.03. The highest BCUT2D eigenvalue weighted by atomic mass is 16.6. The minimum atomic E-state index is -0.484. The lowest BCUT2D eigenvalue weighted by Gasteiger charge is -2.26. The molecule has 0 aliphatic rings. The first kappa shape index (κ1) is 15.9. The summed E-state index contributed by atoms with van der Waals surface area (Å²) in [4.78, 5) is 24.7. The van der Waals surface area contributed by atoms with Crippen molar-refractivity contribution in [2.45, 2.75) is 33.2 Å². The van der Waals surface area contributed by atoms with Crippen LogP contribution in [0.25, 0.3) is 0 Å². The third-order valence-electron chi connectivity index (χ3n) is 3.06. The van der Waals surface area contributed by atoms with Gasteiger partial charge in [-0.15, -0.1) is 0 Å². The molecule has 0 fully saturated rings. The summed E-state index contributed by atoms with van der Waals surface area (Å²) >= 11 is 0. The molecule has 0 saturated carbocycles. The van der Waals surface area contributed by atoms with Crippen molar-refractivity contribution in [3.05, 3.63) is 33.9 Å². The number of nitrogens with zero attached hydrogens (tertiary/aromatic N) is 2. The Morgan fingerprint density at radius 3 is 2.55 bits per heavy atom. The molecule has 0 atom stereocenters. The lowest BCUT2D eigenvalue weighted by molar-refractivity contribution is -0.384. The number of anilines is 1. The Bertz CT molecular complexity index is 500. The van der Waals surface area contributed by atoms with Crippen molar-refractivity contribution < 1.29 is 9.72 Å². The van der Waals surface area contributed by atoms with Crippen LogP contribution in [-0.4, -0.2) is 35.4 Å². The second kappa shape index (κ2) is 6.88. The van der Waals surface area contributed by atoms with Crippen LogP contribution in [0.2, 0.25) is 0 Å². The van der Waals surface area contributed by atoms with Crippen LogP contribution in [0.4, 0.5) is 11.4 Å². The quantitative estimate of drug-likeness (QED) is 0.641. The summed E-state index contributed by atoms with van der Waals surface area (Å²) in [5, 5.41) is 13.8. The van der Waals surface area contributed by atoms with Gasteiger partial charge in [0.05, 0.1) is 4.92 Å². The molecule has 6 nitrogen and oxygen atoms in total. The molecule has 0 aromatic heterocycles. The predicted molar refractivity (Wildman–Crippen MR) is 79.1 cm³/mol. The Morgan fingerprint density at radius 1 is 1.45 bits per heavy atom. The first-order chi connectivity index (χ1) is 9.42. The zero-order valence-corrected chi connectivity index (χ0v) is 12.3. The molecule has 1 rings (SSSR count). The average Bonchev–Trinajstić information content (AvgIpc) is 2.42. The van der Waals surface area contributed by atoms with Gasteiger partial charge in [0.25, 0.3) is 11.6 Å². The highest BCUT2D eigenvalue weighted by Gasteiger charge is 2.21. The summed E-state index contributed by atoms with van der Waals surface area (Å²) in [5.41, 5.74) is 0.662. The van der Waals surface area contributed by atoms with Gasteiger partial charge in [0.15, 0.2) is 0 Å². The normalized spacial score (nSPS) is 10.4. The molecule has 0 spiro atoms. The molecule has 110 valence electrons. The Balaban J connectivity index is 3.15.